The lowest BCUT2D eigenvalue weighted by Crippen LogP contribution is -2.49. The fraction of sp³-hybridized carbons (Fsp3) is 0.533. The van der Waals surface area contributed by atoms with Gasteiger partial charge in [-0.3, -0.25) is 0 Å². The van der Waals surface area contributed by atoms with Crippen molar-refractivity contribution in [3.63, 3.8) is 0 Å². The van der Waals surface area contributed by atoms with Crippen molar-refractivity contribution >= 4 is 22.6 Å². The summed E-state index contributed by atoms with van der Waals surface area (Å²) in [5, 5.41) is 20.7. The summed E-state index contributed by atoms with van der Waals surface area (Å²) in [6.07, 6.45) is 2.51. The number of halogens is 1. The summed E-state index contributed by atoms with van der Waals surface area (Å²) in [5.74, 6) is 0. The Balaban J connectivity index is 2.03. The zero-order valence-electron chi connectivity index (χ0n) is 10.8. The normalized spacial score (nSPS) is 35.9. The molecule has 100 valence electrons. The quantitative estimate of drug-likeness (QED) is 0.816. The minimum Gasteiger partial charge on any atom is -0.384 e. The smallest absolute Gasteiger partial charge is 0.118 e. The van der Waals surface area contributed by atoms with Gasteiger partial charge >= 0.3 is 0 Å². The molecule has 0 spiro atoms. The van der Waals surface area contributed by atoms with Crippen LogP contribution in [-0.2, 0) is 10.3 Å². The minimum atomic E-state index is -1.17. The highest BCUT2D eigenvalue weighted by molar-refractivity contribution is 14.1. The lowest BCUT2D eigenvalue weighted by molar-refractivity contribution is -0.0773. The van der Waals surface area contributed by atoms with Gasteiger partial charge in [-0.25, -0.2) is 0 Å². The molecule has 3 nitrogen and oxygen atoms in total. The molecule has 0 amide bonds. The van der Waals surface area contributed by atoms with Crippen molar-refractivity contribution in [2.45, 2.75) is 44.0 Å². The van der Waals surface area contributed by atoms with E-state index in [0.29, 0.717) is 6.42 Å². The van der Waals surface area contributed by atoms with E-state index in [1.54, 1.807) is 6.92 Å². The van der Waals surface area contributed by atoms with Gasteiger partial charge in [0.05, 0.1) is 18.3 Å². The average Bonchev–Trinajstić information content (AvgIpc) is 3.00. The second-order valence-corrected chi connectivity index (χ2v) is 6.94. The Kier molecular flexibility index (Phi) is 3.12. The summed E-state index contributed by atoms with van der Waals surface area (Å²) in [6.45, 7) is 1.75. The second kappa shape index (κ2) is 4.44. The maximum atomic E-state index is 11.0. The van der Waals surface area contributed by atoms with Gasteiger partial charge in [0.15, 0.2) is 0 Å². The molecule has 2 aliphatic heterocycles. The largest absolute Gasteiger partial charge is 0.384 e. The molecule has 2 fully saturated rings. The van der Waals surface area contributed by atoms with Gasteiger partial charge in [-0.05, 0) is 66.5 Å². The molecule has 0 saturated carbocycles. The zero-order valence-corrected chi connectivity index (χ0v) is 12.9. The number of nitrogens with zero attached hydrogens (tertiary/aromatic N) is 1. The summed E-state index contributed by atoms with van der Waals surface area (Å²) >= 11 is 2.23. The highest BCUT2D eigenvalue weighted by Gasteiger charge is 2.62. The third kappa shape index (κ3) is 1.83. The van der Waals surface area contributed by atoms with Crippen LogP contribution < -0.4 is 0 Å². The Bertz CT molecular complexity index is 534. The molecular formula is C15H16INO2. The molecule has 19 heavy (non-hydrogen) atoms. The van der Waals surface area contributed by atoms with E-state index in [1.807, 2.05) is 24.3 Å². The van der Waals surface area contributed by atoms with Gasteiger partial charge in [0.1, 0.15) is 11.0 Å². The molecule has 0 radical (unpaired) electrons. The van der Waals surface area contributed by atoms with E-state index >= 15 is 0 Å². The van der Waals surface area contributed by atoms with E-state index in [1.165, 1.54) is 0 Å². The highest BCUT2D eigenvalue weighted by Crippen LogP contribution is 2.56. The topological polar surface area (TPSA) is 53.2 Å². The molecule has 1 aromatic carbocycles. The third-order valence-corrected chi connectivity index (χ3v) is 5.40. The fourth-order valence-electron chi connectivity index (χ4n) is 3.48. The molecule has 2 heterocycles. The lowest BCUT2D eigenvalue weighted by Gasteiger charge is -2.41. The van der Waals surface area contributed by atoms with Crippen molar-refractivity contribution in [3.05, 3.63) is 33.4 Å². The Labute approximate surface area is 126 Å². The van der Waals surface area contributed by atoms with Gasteiger partial charge in [0.2, 0.25) is 0 Å². The summed E-state index contributed by atoms with van der Waals surface area (Å²) < 4.78 is 6.94. The van der Waals surface area contributed by atoms with Gasteiger partial charge in [-0.2, -0.15) is 5.26 Å². The van der Waals surface area contributed by atoms with Gasteiger partial charge in [-0.15, -0.1) is 0 Å². The predicted molar refractivity (Wildman–Crippen MR) is 79.3 cm³/mol. The van der Waals surface area contributed by atoms with Crippen LogP contribution >= 0.6 is 22.6 Å². The van der Waals surface area contributed by atoms with Gasteiger partial charge in [-0.1, -0.05) is 12.1 Å². The van der Waals surface area contributed by atoms with Crippen molar-refractivity contribution in [2.24, 2.45) is 5.41 Å². The molecule has 4 heteroatoms. The summed E-state index contributed by atoms with van der Waals surface area (Å²) in [4.78, 5) is 0. The molecule has 4 atom stereocenters. The van der Waals surface area contributed by atoms with Crippen molar-refractivity contribution in [3.8, 4) is 6.07 Å². The van der Waals surface area contributed by atoms with Crippen LogP contribution in [0.1, 0.15) is 31.7 Å². The predicted octanol–water partition coefficient (Wildman–Crippen LogP) is 2.96. The van der Waals surface area contributed by atoms with E-state index in [2.05, 4.69) is 28.7 Å². The van der Waals surface area contributed by atoms with Crippen LogP contribution in [0.3, 0.4) is 0 Å². The standard InChI is InChI=1S/C15H16INO2/c1-14(18,10-2-4-11(16)5-3-10)15(9-17)8-12-6-7-13(15)19-12/h2-5,12-13,18H,6-8H2,1H3. The third-order valence-electron chi connectivity index (χ3n) is 4.68. The maximum absolute atomic E-state index is 11.0. The van der Waals surface area contributed by atoms with Gasteiger partial charge in [0, 0.05) is 3.57 Å². The van der Waals surface area contributed by atoms with Crippen molar-refractivity contribution in [2.75, 3.05) is 0 Å². The number of aliphatic hydroxyl groups is 1. The second-order valence-electron chi connectivity index (χ2n) is 5.69. The van der Waals surface area contributed by atoms with Crippen LogP contribution in [0.4, 0.5) is 0 Å². The Morgan fingerprint density at radius 1 is 1.42 bits per heavy atom. The highest BCUT2D eigenvalue weighted by atomic mass is 127. The minimum absolute atomic E-state index is 0.139. The molecule has 2 saturated heterocycles. The summed E-state index contributed by atoms with van der Waals surface area (Å²) in [6, 6.07) is 10.1. The lowest BCUT2D eigenvalue weighted by atomic mass is 9.62. The molecule has 4 unspecified atom stereocenters. The molecule has 2 bridgehead atoms. The summed E-state index contributed by atoms with van der Waals surface area (Å²) in [5.41, 5.74) is -1.19. The van der Waals surface area contributed by atoms with E-state index in [-0.39, 0.29) is 12.2 Å². The first-order valence-electron chi connectivity index (χ1n) is 6.55. The maximum Gasteiger partial charge on any atom is 0.118 e. The average molecular weight is 369 g/mol. The SMILES string of the molecule is CC(O)(c1ccc(I)cc1)C1(C#N)CC2CCC1O2. The molecule has 1 N–H and O–H groups in total. The Hall–Kier alpha value is -0.640. The molecule has 2 aliphatic rings. The summed E-state index contributed by atoms with van der Waals surface area (Å²) in [7, 11) is 0. The van der Waals surface area contributed by atoms with Gasteiger partial charge in [0.25, 0.3) is 0 Å². The van der Waals surface area contributed by atoms with Crippen molar-refractivity contribution in [1.29, 1.82) is 5.26 Å². The van der Waals surface area contributed by atoms with Crippen molar-refractivity contribution in [1.82, 2.24) is 0 Å². The first kappa shape index (κ1) is 13.3. The van der Waals surface area contributed by atoms with Crippen LogP contribution in [0.5, 0.6) is 0 Å². The first-order chi connectivity index (χ1) is 8.99. The Morgan fingerprint density at radius 3 is 2.58 bits per heavy atom. The Morgan fingerprint density at radius 2 is 2.11 bits per heavy atom. The zero-order chi connectivity index (χ0) is 13.7. The number of nitriles is 1. The number of ether oxygens (including phenoxy) is 1. The monoisotopic (exact) mass is 369 g/mol. The van der Waals surface area contributed by atoms with Crippen LogP contribution in [0.15, 0.2) is 24.3 Å². The van der Waals surface area contributed by atoms with Crippen LogP contribution in [-0.4, -0.2) is 17.3 Å². The fourth-order valence-corrected chi connectivity index (χ4v) is 3.84. The number of rotatable bonds is 2. The van der Waals surface area contributed by atoms with E-state index in [9.17, 15) is 10.4 Å². The number of benzene rings is 1. The number of hydrogen-bond donors (Lipinski definition) is 1. The molecule has 1 aromatic rings. The van der Waals surface area contributed by atoms with Crippen LogP contribution in [0, 0.1) is 20.3 Å². The van der Waals surface area contributed by atoms with Crippen LogP contribution in [0.25, 0.3) is 0 Å². The first-order valence-corrected chi connectivity index (χ1v) is 7.62. The molecule has 0 aliphatic carbocycles. The van der Waals surface area contributed by atoms with Crippen LogP contribution in [0.2, 0.25) is 0 Å². The van der Waals surface area contributed by atoms with E-state index in [0.717, 1.165) is 22.0 Å². The molecule has 0 aromatic heterocycles. The number of fused-ring (bicyclic) bond motifs is 2. The van der Waals surface area contributed by atoms with E-state index < -0.39 is 11.0 Å². The molecular weight excluding hydrogens is 353 g/mol. The number of hydrogen-bond acceptors (Lipinski definition) is 3. The van der Waals surface area contributed by atoms with Crippen molar-refractivity contribution < 1.29 is 9.84 Å². The van der Waals surface area contributed by atoms with Gasteiger partial charge < -0.3 is 9.84 Å². The molecule has 3 rings (SSSR count). The van der Waals surface area contributed by atoms with E-state index in [4.69, 9.17) is 4.74 Å².